The molecule has 0 fully saturated rings. The highest BCUT2D eigenvalue weighted by Gasteiger charge is 2.19. The molecule has 0 aliphatic heterocycles. The number of thioether (sulfide) groups is 1. The average Bonchev–Trinajstić information content (AvgIpc) is 3.25. The number of para-hydroxylation sites is 1. The number of carbonyl (C=O) groups excluding carboxylic acids is 2. The molecule has 0 saturated heterocycles. The van der Waals surface area contributed by atoms with E-state index < -0.39 is 0 Å². The van der Waals surface area contributed by atoms with Crippen molar-refractivity contribution in [2.45, 2.75) is 18.6 Å². The number of allylic oxidation sites excluding steroid dienone is 1. The van der Waals surface area contributed by atoms with E-state index in [2.05, 4.69) is 22.1 Å². The third-order valence-corrected chi connectivity index (χ3v) is 6.17. The molecule has 2 aromatic heterocycles. The van der Waals surface area contributed by atoms with Crippen LogP contribution in [0.25, 0.3) is 16.7 Å². The van der Waals surface area contributed by atoms with Gasteiger partial charge in [0.05, 0.1) is 23.2 Å². The fraction of sp³-hybridized carbons (Fsp3) is 0.208. The van der Waals surface area contributed by atoms with Crippen molar-refractivity contribution in [1.29, 1.82) is 0 Å². The zero-order valence-electron chi connectivity index (χ0n) is 18.9. The zero-order chi connectivity index (χ0) is 24.2. The number of benzene rings is 2. The molecule has 0 bridgehead atoms. The van der Waals surface area contributed by atoms with E-state index in [1.54, 1.807) is 29.7 Å². The molecule has 0 aliphatic rings. The first-order valence-corrected chi connectivity index (χ1v) is 11.6. The molecule has 0 unspecified atom stereocenters. The Morgan fingerprint density at radius 3 is 2.62 bits per heavy atom. The van der Waals surface area contributed by atoms with Crippen LogP contribution in [0.5, 0.6) is 0 Å². The first-order chi connectivity index (χ1) is 16.4. The van der Waals surface area contributed by atoms with Crippen LogP contribution in [0.3, 0.4) is 0 Å². The zero-order valence-corrected chi connectivity index (χ0v) is 19.7. The van der Waals surface area contributed by atoms with Gasteiger partial charge < -0.3 is 10.2 Å². The van der Waals surface area contributed by atoms with Crippen LogP contribution in [-0.2, 0) is 16.1 Å². The molecular weight excluding hydrogens is 452 g/mol. The quantitative estimate of drug-likeness (QED) is 0.310. The monoisotopic (exact) mass is 476 g/mol. The second-order valence-corrected chi connectivity index (χ2v) is 8.73. The van der Waals surface area contributed by atoms with Crippen molar-refractivity contribution in [1.82, 2.24) is 24.1 Å². The van der Waals surface area contributed by atoms with Crippen LogP contribution in [0.1, 0.15) is 5.56 Å². The Morgan fingerprint density at radius 1 is 1.15 bits per heavy atom. The fourth-order valence-electron chi connectivity index (χ4n) is 3.50. The van der Waals surface area contributed by atoms with E-state index in [-0.39, 0.29) is 36.2 Å². The lowest BCUT2D eigenvalue weighted by Gasteiger charge is -2.16. The molecule has 1 N–H and O–H groups in total. The van der Waals surface area contributed by atoms with Gasteiger partial charge in [-0.15, -0.1) is 16.8 Å². The van der Waals surface area contributed by atoms with Gasteiger partial charge in [0.2, 0.25) is 17.6 Å². The predicted octanol–water partition coefficient (Wildman–Crippen LogP) is 2.73. The molecule has 10 heteroatoms. The highest BCUT2D eigenvalue weighted by molar-refractivity contribution is 7.99. The normalized spacial score (nSPS) is 11.0. The van der Waals surface area contributed by atoms with Crippen molar-refractivity contribution >= 4 is 45.9 Å². The molecule has 174 valence electrons. The Bertz CT molecular complexity index is 1440. The number of rotatable bonds is 8. The van der Waals surface area contributed by atoms with Crippen LogP contribution in [-0.4, -0.2) is 55.2 Å². The Kier molecular flexibility index (Phi) is 6.78. The van der Waals surface area contributed by atoms with Gasteiger partial charge in [0.25, 0.3) is 5.56 Å². The van der Waals surface area contributed by atoms with Crippen LogP contribution < -0.4 is 10.9 Å². The summed E-state index contributed by atoms with van der Waals surface area (Å²) in [5.41, 5.74) is 2.26. The Balaban J connectivity index is 1.49. The number of aromatic nitrogens is 4. The molecule has 0 spiro atoms. The van der Waals surface area contributed by atoms with Gasteiger partial charge in [-0.25, -0.2) is 0 Å². The van der Waals surface area contributed by atoms with Gasteiger partial charge in [-0.1, -0.05) is 47.7 Å². The van der Waals surface area contributed by atoms with Crippen molar-refractivity contribution in [2.75, 3.05) is 24.7 Å². The average molecular weight is 477 g/mol. The van der Waals surface area contributed by atoms with Crippen molar-refractivity contribution in [3.8, 4) is 0 Å². The van der Waals surface area contributed by atoms with Gasteiger partial charge in [0.15, 0.2) is 5.16 Å². The van der Waals surface area contributed by atoms with E-state index in [0.29, 0.717) is 27.5 Å². The molecule has 2 amide bonds. The largest absolute Gasteiger partial charge is 0.336 e. The van der Waals surface area contributed by atoms with Gasteiger partial charge in [0, 0.05) is 19.3 Å². The maximum absolute atomic E-state index is 12.9. The molecule has 9 nitrogen and oxygen atoms in total. The Hall–Kier alpha value is -3.92. The Morgan fingerprint density at radius 2 is 1.88 bits per heavy atom. The summed E-state index contributed by atoms with van der Waals surface area (Å²) in [4.78, 5) is 39.3. The molecule has 2 heterocycles. The molecule has 2 aromatic carbocycles. The summed E-state index contributed by atoms with van der Waals surface area (Å²) in [7, 11) is 1.58. The summed E-state index contributed by atoms with van der Waals surface area (Å²) in [5.74, 6) is -0.0738. The van der Waals surface area contributed by atoms with Crippen LogP contribution in [0.15, 0.2) is 71.1 Å². The topological polar surface area (TPSA) is 102 Å². The number of hydrogen-bond donors (Lipinski definition) is 1. The number of hydrogen-bond acceptors (Lipinski definition) is 6. The molecule has 4 aromatic rings. The van der Waals surface area contributed by atoms with Gasteiger partial charge in [-0.2, -0.15) is 0 Å². The highest BCUT2D eigenvalue weighted by Crippen LogP contribution is 2.22. The van der Waals surface area contributed by atoms with Gasteiger partial charge in [0.1, 0.15) is 0 Å². The fourth-order valence-corrected chi connectivity index (χ4v) is 4.38. The number of aryl methyl sites for hydroxylation is 1. The van der Waals surface area contributed by atoms with E-state index in [4.69, 9.17) is 0 Å². The SMILES string of the molecule is C=CCn1c(=O)c2ccccc2n2c(SCC(=O)N(C)CC(=O)Nc3ccc(C)cc3)nnc12. The van der Waals surface area contributed by atoms with Crippen LogP contribution >= 0.6 is 11.8 Å². The molecule has 4 rings (SSSR count). The number of anilines is 1. The minimum absolute atomic E-state index is 0.0595. The number of likely N-dealkylation sites (N-methyl/N-ethyl adjacent to an activating group) is 1. The number of fused-ring (bicyclic) bond motifs is 3. The maximum atomic E-state index is 12.9. The molecule has 0 radical (unpaired) electrons. The maximum Gasteiger partial charge on any atom is 0.263 e. The minimum atomic E-state index is -0.280. The summed E-state index contributed by atoms with van der Waals surface area (Å²) in [6, 6.07) is 14.6. The van der Waals surface area contributed by atoms with E-state index in [9.17, 15) is 14.4 Å². The lowest BCUT2D eigenvalue weighted by atomic mass is 10.2. The number of nitrogens with zero attached hydrogens (tertiary/aromatic N) is 5. The second kappa shape index (κ2) is 9.92. The van der Waals surface area contributed by atoms with Crippen molar-refractivity contribution in [3.63, 3.8) is 0 Å². The molecule has 0 saturated carbocycles. The second-order valence-electron chi connectivity index (χ2n) is 7.79. The molecule has 0 aliphatic carbocycles. The van der Waals surface area contributed by atoms with Gasteiger partial charge in [-0.05, 0) is 31.2 Å². The van der Waals surface area contributed by atoms with Crippen molar-refractivity contribution < 1.29 is 9.59 Å². The minimum Gasteiger partial charge on any atom is -0.336 e. The standard InChI is InChI=1S/C24H24N6O3S/c1-4-13-29-22(33)18-7-5-6-8-19(18)30-23(29)26-27-24(30)34-15-21(32)28(3)14-20(31)25-17-11-9-16(2)10-12-17/h4-12H,1,13-15H2,2-3H3,(H,25,31). The van der Waals surface area contributed by atoms with Crippen LogP contribution in [0.4, 0.5) is 5.69 Å². The highest BCUT2D eigenvalue weighted by atomic mass is 32.2. The smallest absolute Gasteiger partial charge is 0.263 e. The number of carbonyl (C=O) groups is 2. The number of amides is 2. The number of nitrogens with one attached hydrogen (secondary N) is 1. The van der Waals surface area contributed by atoms with Crippen LogP contribution in [0.2, 0.25) is 0 Å². The molecule has 0 atom stereocenters. The first kappa shape index (κ1) is 23.2. The van der Waals surface area contributed by atoms with Crippen molar-refractivity contribution in [2.24, 2.45) is 0 Å². The van der Waals surface area contributed by atoms with E-state index in [1.807, 2.05) is 43.3 Å². The van der Waals surface area contributed by atoms with E-state index in [0.717, 1.165) is 5.56 Å². The lowest BCUT2D eigenvalue weighted by molar-refractivity contribution is -0.131. The van der Waals surface area contributed by atoms with Gasteiger partial charge in [-0.3, -0.25) is 23.4 Å². The first-order valence-electron chi connectivity index (χ1n) is 10.6. The van der Waals surface area contributed by atoms with Gasteiger partial charge >= 0.3 is 0 Å². The predicted molar refractivity (Wildman–Crippen MR) is 133 cm³/mol. The van der Waals surface area contributed by atoms with Crippen LogP contribution in [0, 0.1) is 6.92 Å². The molecular formula is C24H24N6O3S. The van der Waals surface area contributed by atoms with E-state index >= 15 is 0 Å². The van der Waals surface area contributed by atoms with E-state index in [1.165, 1.54) is 21.2 Å². The summed E-state index contributed by atoms with van der Waals surface area (Å²) in [6.07, 6.45) is 1.62. The summed E-state index contributed by atoms with van der Waals surface area (Å²) >= 11 is 1.20. The van der Waals surface area contributed by atoms with Crippen molar-refractivity contribution in [3.05, 3.63) is 77.1 Å². The lowest BCUT2D eigenvalue weighted by Crippen LogP contribution is -2.36. The molecule has 34 heavy (non-hydrogen) atoms. The summed E-state index contributed by atoms with van der Waals surface area (Å²) in [5, 5.41) is 12.2. The summed E-state index contributed by atoms with van der Waals surface area (Å²) in [6.45, 7) is 5.90. The third-order valence-electron chi connectivity index (χ3n) is 5.26. The summed E-state index contributed by atoms with van der Waals surface area (Å²) < 4.78 is 3.26. The Labute approximate surface area is 200 Å². The third kappa shape index (κ3) is 4.72.